The highest BCUT2D eigenvalue weighted by molar-refractivity contribution is 6.45. The maximum atomic E-state index is 12.4. The van der Waals surface area contributed by atoms with E-state index in [4.69, 9.17) is 4.74 Å². The van der Waals surface area contributed by atoms with Crippen molar-refractivity contribution in [3.05, 3.63) is 30.0 Å². The Balaban J connectivity index is 1.80. The number of benzene rings is 1. The van der Waals surface area contributed by atoms with Gasteiger partial charge < -0.3 is 15.0 Å². The quantitative estimate of drug-likeness (QED) is 0.673. The Morgan fingerprint density at radius 3 is 2.73 bits per heavy atom. The van der Waals surface area contributed by atoms with Gasteiger partial charge in [-0.25, -0.2) is 0 Å². The smallest absolute Gasteiger partial charge is 0.292 e. The highest BCUT2D eigenvalue weighted by Gasteiger charge is 2.23. The molecule has 2 N–H and O–H groups in total. The summed E-state index contributed by atoms with van der Waals surface area (Å²) >= 11 is 0. The number of ether oxygens (including phenoxy) is 1. The number of fused-ring (bicyclic) bond motifs is 1. The summed E-state index contributed by atoms with van der Waals surface area (Å²) in [5, 5.41) is 3.58. The van der Waals surface area contributed by atoms with E-state index in [0.29, 0.717) is 16.7 Å². The topological polar surface area (TPSA) is 71.2 Å². The number of rotatable bonds is 4. The number of amides is 1. The van der Waals surface area contributed by atoms with Crippen molar-refractivity contribution in [1.82, 2.24) is 10.3 Å². The Morgan fingerprint density at radius 2 is 2.00 bits per heavy atom. The number of carbonyl (C=O) groups is 2. The van der Waals surface area contributed by atoms with E-state index in [1.165, 1.54) is 6.42 Å². The van der Waals surface area contributed by atoms with Crippen LogP contribution >= 0.6 is 0 Å². The summed E-state index contributed by atoms with van der Waals surface area (Å²) < 4.78 is 5.18. The van der Waals surface area contributed by atoms with Crippen LogP contribution in [0.2, 0.25) is 0 Å². The van der Waals surface area contributed by atoms with Crippen LogP contribution < -0.4 is 10.1 Å². The number of methoxy groups -OCH3 is 1. The number of aromatic amines is 1. The molecule has 0 saturated heterocycles. The Morgan fingerprint density at radius 1 is 1.23 bits per heavy atom. The maximum Gasteiger partial charge on any atom is 0.292 e. The molecule has 0 unspecified atom stereocenters. The molecular weight excluding hydrogens is 280 g/mol. The van der Waals surface area contributed by atoms with Crippen molar-refractivity contribution in [2.24, 2.45) is 0 Å². The molecule has 0 spiro atoms. The lowest BCUT2D eigenvalue weighted by atomic mass is 9.95. The van der Waals surface area contributed by atoms with Gasteiger partial charge in [0, 0.05) is 23.1 Å². The van der Waals surface area contributed by atoms with E-state index >= 15 is 0 Å². The van der Waals surface area contributed by atoms with Crippen LogP contribution in [0.3, 0.4) is 0 Å². The Bertz CT molecular complexity index is 699. The zero-order valence-corrected chi connectivity index (χ0v) is 12.6. The van der Waals surface area contributed by atoms with Gasteiger partial charge in [0.1, 0.15) is 5.75 Å². The lowest BCUT2D eigenvalue weighted by Crippen LogP contribution is -2.40. The summed E-state index contributed by atoms with van der Waals surface area (Å²) in [7, 11) is 1.57. The number of hydrogen-bond donors (Lipinski definition) is 2. The largest absolute Gasteiger partial charge is 0.497 e. The average molecular weight is 300 g/mol. The van der Waals surface area contributed by atoms with Gasteiger partial charge in [-0.05, 0) is 31.0 Å². The van der Waals surface area contributed by atoms with Crippen LogP contribution in [0.1, 0.15) is 42.5 Å². The molecule has 0 aliphatic heterocycles. The number of H-pyrrole nitrogens is 1. The number of hydrogen-bond acceptors (Lipinski definition) is 3. The second-order valence-electron chi connectivity index (χ2n) is 5.75. The molecule has 3 rings (SSSR count). The van der Waals surface area contributed by atoms with Crippen LogP contribution in [0.15, 0.2) is 24.4 Å². The standard InChI is InChI=1S/C17H20N2O3/c1-22-12-7-8-15-13(9-12)14(10-18-15)16(20)17(21)19-11-5-3-2-4-6-11/h7-11,18H,2-6H2,1H3,(H,19,21). The van der Waals surface area contributed by atoms with Gasteiger partial charge in [-0.2, -0.15) is 0 Å². The zero-order valence-electron chi connectivity index (χ0n) is 12.6. The van der Waals surface area contributed by atoms with Crippen molar-refractivity contribution < 1.29 is 14.3 Å². The summed E-state index contributed by atoms with van der Waals surface area (Å²) in [5.74, 6) is -0.352. The lowest BCUT2D eigenvalue weighted by Gasteiger charge is -2.22. The highest BCUT2D eigenvalue weighted by Crippen LogP contribution is 2.24. The van der Waals surface area contributed by atoms with Gasteiger partial charge in [-0.1, -0.05) is 19.3 Å². The van der Waals surface area contributed by atoms with Gasteiger partial charge in [0.15, 0.2) is 0 Å². The monoisotopic (exact) mass is 300 g/mol. The SMILES string of the molecule is COc1ccc2[nH]cc(C(=O)C(=O)NC3CCCCC3)c2c1. The molecule has 1 amide bonds. The maximum absolute atomic E-state index is 12.4. The van der Waals surface area contributed by atoms with Crippen LogP contribution in [0.4, 0.5) is 0 Å². The third kappa shape index (κ3) is 2.84. The fraction of sp³-hybridized carbons (Fsp3) is 0.412. The molecule has 2 aromatic rings. The zero-order chi connectivity index (χ0) is 15.5. The molecule has 5 nitrogen and oxygen atoms in total. The molecule has 0 bridgehead atoms. The molecule has 1 aromatic carbocycles. The van der Waals surface area contributed by atoms with Crippen molar-refractivity contribution in [2.75, 3.05) is 7.11 Å². The minimum atomic E-state index is -0.518. The molecule has 0 atom stereocenters. The van der Waals surface area contributed by atoms with Crippen molar-refractivity contribution in [3.63, 3.8) is 0 Å². The molecule has 1 saturated carbocycles. The number of nitrogens with one attached hydrogen (secondary N) is 2. The number of Topliss-reactive ketones (excluding diaryl/α,β-unsaturated/α-hetero) is 1. The van der Waals surface area contributed by atoms with Crippen molar-refractivity contribution in [2.45, 2.75) is 38.1 Å². The average Bonchev–Trinajstić information content (AvgIpc) is 2.97. The van der Waals surface area contributed by atoms with E-state index in [2.05, 4.69) is 10.3 Å². The summed E-state index contributed by atoms with van der Waals surface area (Å²) in [6, 6.07) is 5.55. The summed E-state index contributed by atoms with van der Waals surface area (Å²) in [5.41, 5.74) is 1.21. The van der Waals surface area contributed by atoms with Crippen LogP contribution in [0, 0.1) is 0 Å². The highest BCUT2D eigenvalue weighted by atomic mass is 16.5. The molecule has 1 heterocycles. The van der Waals surface area contributed by atoms with Gasteiger partial charge in [0.25, 0.3) is 11.7 Å². The van der Waals surface area contributed by atoms with Gasteiger partial charge in [-0.15, -0.1) is 0 Å². The number of aromatic nitrogens is 1. The first-order valence-corrected chi connectivity index (χ1v) is 7.69. The minimum absolute atomic E-state index is 0.130. The second kappa shape index (κ2) is 6.22. The van der Waals surface area contributed by atoms with E-state index in [9.17, 15) is 9.59 Å². The summed E-state index contributed by atoms with van der Waals surface area (Å²) in [6.45, 7) is 0. The van der Waals surface area contributed by atoms with Crippen LogP contribution in [-0.4, -0.2) is 29.8 Å². The molecule has 1 fully saturated rings. The minimum Gasteiger partial charge on any atom is -0.497 e. The first-order valence-electron chi connectivity index (χ1n) is 7.69. The molecular formula is C17H20N2O3. The van der Waals surface area contributed by atoms with Crippen LogP contribution in [-0.2, 0) is 4.79 Å². The molecule has 1 aliphatic rings. The molecule has 22 heavy (non-hydrogen) atoms. The third-order valence-electron chi connectivity index (χ3n) is 4.28. The normalized spacial score (nSPS) is 15.7. The van der Waals surface area contributed by atoms with Gasteiger partial charge >= 0.3 is 0 Å². The fourth-order valence-corrected chi connectivity index (χ4v) is 3.03. The van der Waals surface area contributed by atoms with E-state index in [-0.39, 0.29) is 6.04 Å². The first kappa shape index (κ1) is 14.6. The van der Waals surface area contributed by atoms with E-state index < -0.39 is 11.7 Å². The van der Waals surface area contributed by atoms with Crippen molar-refractivity contribution in [1.29, 1.82) is 0 Å². The van der Waals surface area contributed by atoms with Gasteiger partial charge in [-0.3, -0.25) is 9.59 Å². The second-order valence-corrected chi connectivity index (χ2v) is 5.75. The first-order chi connectivity index (χ1) is 10.7. The molecule has 5 heteroatoms. The molecule has 1 aliphatic carbocycles. The van der Waals surface area contributed by atoms with Crippen LogP contribution in [0.5, 0.6) is 5.75 Å². The molecule has 0 radical (unpaired) electrons. The van der Waals surface area contributed by atoms with E-state index in [1.54, 1.807) is 19.4 Å². The Hall–Kier alpha value is -2.30. The van der Waals surface area contributed by atoms with Crippen molar-refractivity contribution in [3.8, 4) is 5.75 Å². The van der Waals surface area contributed by atoms with Gasteiger partial charge in [0.05, 0.1) is 12.7 Å². The number of ketones is 1. The summed E-state index contributed by atoms with van der Waals surface area (Å²) in [4.78, 5) is 27.6. The third-order valence-corrected chi connectivity index (χ3v) is 4.28. The van der Waals surface area contributed by atoms with E-state index in [0.717, 1.165) is 31.2 Å². The molecule has 116 valence electrons. The predicted molar refractivity (Wildman–Crippen MR) is 84.2 cm³/mol. The van der Waals surface area contributed by atoms with Crippen LogP contribution in [0.25, 0.3) is 10.9 Å². The fourth-order valence-electron chi connectivity index (χ4n) is 3.03. The van der Waals surface area contributed by atoms with Crippen molar-refractivity contribution >= 4 is 22.6 Å². The number of carbonyl (C=O) groups excluding carboxylic acids is 2. The summed E-state index contributed by atoms with van der Waals surface area (Å²) in [6.07, 6.45) is 6.95. The lowest BCUT2D eigenvalue weighted by molar-refractivity contribution is -0.117. The molecule has 1 aromatic heterocycles. The van der Waals surface area contributed by atoms with E-state index in [1.807, 2.05) is 12.1 Å². The van der Waals surface area contributed by atoms with Gasteiger partial charge in [0.2, 0.25) is 0 Å². The predicted octanol–water partition coefficient (Wildman–Crippen LogP) is 2.81. The Labute approximate surface area is 129 Å². The Kier molecular flexibility index (Phi) is 4.13.